The van der Waals surface area contributed by atoms with Gasteiger partial charge in [0.05, 0.1) is 11.1 Å². The van der Waals surface area contributed by atoms with Crippen LogP contribution in [0.5, 0.6) is 5.75 Å². The average Bonchev–Trinajstić information content (AvgIpc) is 2.52. The Bertz CT molecular complexity index is 848. The molecule has 3 aromatic rings. The Hall–Kier alpha value is -2.59. The molecule has 0 aliphatic carbocycles. The van der Waals surface area contributed by atoms with Crippen molar-refractivity contribution in [3.63, 3.8) is 0 Å². The highest BCUT2D eigenvalue weighted by Gasteiger charge is 2.11. The van der Waals surface area contributed by atoms with E-state index in [0.717, 1.165) is 10.9 Å². The quantitative estimate of drug-likeness (QED) is 0.587. The number of rotatable bonds is 3. The summed E-state index contributed by atoms with van der Waals surface area (Å²) in [4.78, 5) is 16.2. The molecule has 1 N–H and O–H groups in total. The van der Waals surface area contributed by atoms with Gasteiger partial charge in [-0.3, -0.25) is 0 Å². The lowest BCUT2D eigenvalue weighted by molar-refractivity contribution is 0.0472. The Morgan fingerprint density at radius 2 is 1.95 bits per heavy atom. The Morgan fingerprint density at radius 3 is 2.77 bits per heavy atom. The number of fused-ring (bicyclic) bond motifs is 1. The molecule has 0 radical (unpaired) electrons. The number of nitrogens with zero attached hydrogens (tertiary/aromatic N) is 1. The summed E-state index contributed by atoms with van der Waals surface area (Å²) >= 11 is 6.12. The third-order valence-corrected chi connectivity index (χ3v) is 3.52. The lowest BCUT2D eigenvalue weighted by Crippen LogP contribution is -2.05. The predicted molar refractivity (Wildman–Crippen MR) is 84.0 cm³/mol. The monoisotopic (exact) mass is 313 g/mol. The van der Waals surface area contributed by atoms with Gasteiger partial charge in [0.25, 0.3) is 0 Å². The first-order valence-electron chi connectivity index (χ1n) is 6.64. The van der Waals surface area contributed by atoms with Crippen LogP contribution in [0, 0.1) is 0 Å². The van der Waals surface area contributed by atoms with Gasteiger partial charge >= 0.3 is 5.97 Å². The number of carbonyl (C=O) groups excluding carboxylic acids is 1. The molecule has 0 aliphatic rings. The van der Waals surface area contributed by atoms with Gasteiger partial charge in [-0.2, -0.15) is 0 Å². The van der Waals surface area contributed by atoms with Crippen molar-refractivity contribution < 1.29 is 14.6 Å². The molecule has 0 aliphatic heterocycles. The number of para-hydroxylation sites is 1. The fraction of sp³-hybridized carbons (Fsp3) is 0.0588. The molecule has 0 amide bonds. The minimum atomic E-state index is -0.528. The molecule has 0 saturated carbocycles. The van der Waals surface area contributed by atoms with E-state index in [1.165, 1.54) is 12.1 Å². The van der Waals surface area contributed by atoms with Gasteiger partial charge in [-0.05, 0) is 30.3 Å². The van der Waals surface area contributed by atoms with E-state index in [-0.39, 0.29) is 17.9 Å². The van der Waals surface area contributed by atoms with Crippen molar-refractivity contribution in [3.8, 4) is 5.75 Å². The molecule has 0 fully saturated rings. The van der Waals surface area contributed by atoms with Crippen LogP contribution < -0.4 is 0 Å². The van der Waals surface area contributed by atoms with Gasteiger partial charge in [0, 0.05) is 10.9 Å². The van der Waals surface area contributed by atoms with E-state index >= 15 is 0 Å². The first-order chi connectivity index (χ1) is 10.6. The molecule has 1 heterocycles. The maximum Gasteiger partial charge on any atom is 0.338 e. The number of aromatic nitrogens is 1. The summed E-state index contributed by atoms with van der Waals surface area (Å²) in [6.45, 7) is 0.0190. The van der Waals surface area contributed by atoms with Crippen LogP contribution in [-0.4, -0.2) is 16.1 Å². The van der Waals surface area contributed by atoms with Gasteiger partial charge in [0.2, 0.25) is 0 Å². The molecule has 3 rings (SSSR count). The number of aromatic hydroxyl groups is 1. The smallest absolute Gasteiger partial charge is 0.338 e. The third-order valence-electron chi connectivity index (χ3n) is 3.19. The molecule has 0 spiro atoms. The van der Waals surface area contributed by atoms with Gasteiger partial charge in [0.1, 0.15) is 17.5 Å². The molecule has 22 heavy (non-hydrogen) atoms. The van der Waals surface area contributed by atoms with Crippen LogP contribution in [-0.2, 0) is 11.3 Å². The van der Waals surface area contributed by atoms with Crippen LogP contribution in [0.15, 0.2) is 54.6 Å². The second-order valence-electron chi connectivity index (χ2n) is 4.76. The minimum Gasteiger partial charge on any atom is -0.508 e. The topological polar surface area (TPSA) is 59.4 Å². The first kappa shape index (κ1) is 14.4. The summed E-state index contributed by atoms with van der Waals surface area (Å²) in [5.74, 6) is -0.514. The fourth-order valence-corrected chi connectivity index (χ4v) is 2.30. The van der Waals surface area contributed by atoms with E-state index in [2.05, 4.69) is 4.98 Å². The Balaban J connectivity index is 1.79. The first-order valence-corrected chi connectivity index (χ1v) is 7.01. The second kappa shape index (κ2) is 6.03. The highest BCUT2D eigenvalue weighted by Crippen LogP contribution is 2.21. The molecular formula is C17H12ClNO3. The number of halogens is 1. The molecule has 0 bridgehead atoms. The standard InChI is InChI=1S/C17H12ClNO3/c18-16-13(8-11-4-1-2-7-15(11)19-16)10-22-17(21)12-5-3-6-14(20)9-12/h1-9,20H,10H2. The van der Waals surface area contributed by atoms with Crippen molar-refractivity contribution in [2.75, 3.05) is 0 Å². The molecule has 5 heteroatoms. The lowest BCUT2D eigenvalue weighted by Gasteiger charge is -2.08. The van der Waals surface area contributed by atoms with Crippen molar-refractivity contribution in [2.24, 2.45) is 0 Å². The molecule has 0 saturated heterocycles. The number of benzene rings is 2. The number of phenols is 1. The fourth-order valence-electron chi connectivity index (χ4n) is 2.10. The number of hydrogen-bond donors (Lipinski definition) is 1. The zero-order valence-corrected chi connectivity index (χ0v) is 12.2. The van der Waals surface area contributed by atoms with Gasteiger partial charge < -0.3 is 9.84 Å². The Labute approximate surface area is 131 Å². The molecule has 0 atom stereocenters. The average molecular weight is 314 g/mol. The number of hydrogen-bond acceptors (Lipinski definition) is 4. The van der Waals surface area contributed by atoms with Crippen molar-refractivity contribution in [1.82, 2.24) is 4.98 Å². The van der Waals surface area contributed by atoms with E-state index in [9.17, 15) is 9.90 Å². The number of ether oxygens (including phenoxy) is 1. The summed E-state index contributed by atoms with van der Waals surface area (Å²) in [5.41, 5.74) is 1.70. The molecule has 110 valence electrons. The highest BCUT2D eigenvalue weighted by molar-refractivity contribution is 6.30. The molecule has 2 aromatic carbocycles. The Kier molecular flexibility index (Phi) is 3.94. The van der Waals surface area contributed by atoms with Crippen LogP contribution in [0.25, 0.3) is 10.9 Å². The van der Waals surface area contributed by atoms with Crippen molar-refractivity contribution >= 4 is 28.5 Å². The van der Waals surface area contributed by atoms with Crippen LogP contribution >= 0.6 is 11.6 Å². The van der Waals surface area contributed by atoms with Gasteiger partial charge in [-0.15, -0.1) is 0 Å². The van der Waals surface area contributed by atoms with Gasteiger partial charge in [-0.1, -0.05) is 35.9 Å². The van der Waals surface area contributed by atoms with Crippen LogP contribution in [0.4, 0.5) is 0 Å². The Morgan fingerprint density at radius 1 is 1.14 bits per heavy atom. The molecule has 0 unspecified atom stereocenters. The van der Waals surface area contributed by atoms with Crippen LogP contribution in [0.2, 0.25) is 5.15 Å². The van der Waals surface area contributed by atoms with Gasteiger partial charge in [0.15, 0.2) is 0 Å². The van der Waals surface area contributed by atoms with Crippen molar-refractivity contribution in [3.05, 3.63) is 70.9 Å². The number of carbonyl (C=O) groups is 1. The minimum absolute atomic E-state index is 0.0138. The highest BCUT2D eigenvalue weighted by atomic mass is 35.5. The predicted octanol–water partition coefficient (Wildman–Crippen LogP) is 3.95. The largest absolute Gasteiger partial charge is 0.508 e. The van der Waals surface area contributed by atoms with E-state index in [1.807, 2.05) is 30.3 Å². The number of pyridine rings is 1. The maximum absolute atomic E-state index is 11.9. The zero-order chi connectivity index (χ0) is 15.5. The SMILES string of the molecule is O=C(OCc1cc2ccccc2nc1Cl)c1cccc(O)c1. The van der Waals surface area contributed by atoms with E-state index in [1.54, 1.807) is 12.1 Å². The summed E-state index contributed by atoms with van der Waals surface area (Å²) < 4.78 is 5.22. The third kappa shape index (κ3) is 3.02. The summed E-state index contributed by atoms with van der Waals surface area (Å²) in [5, 5.41) is 10.6. The zero-order valence-electron chi connectivity index (χ0n) is 11.5. The summed E-state index contributed by atoms with van der Waals surface area (Å²) in [6, 6.07) is 15.4. The van der Waals surface area contributed by atoms with Crippen molar-refractivity contribution in [1.29, 1.82) is 0 Å². The second-order valence-corrected chi connectivity index (χ2v) is 5.12. The summed E-state index contributed by atoms with van der Waals surface area (Å²) in [6.07, 6.45) is 0. The van der Waals surface area contributed by atoms with Gasteiger partial charge in [-0.25, -0.2) is 9.78 Å². The lowest BCUT2D eigenvalue weighted by atomic mass is 10.1. The molecular weight excluding hydrogens is 302 g/mol. The van der Waals surface area contributed by atoms with Crippen LogP contribution in [0.1, 0.15) is 15.9 Å². The van der Waals surface area contributed by atoms with Crippen LogP contribution in [0.3, 0.4) is 0 Å². The van der Waals surface area contributed by atoms with E-state index in [0.29, 0.717) is 10.7 Å². The molecule has 4 nitrogen and oxygen atoms in total. The maximum atomic E-state index is 11.9. The van der Waals surface area contributed by atoms with Crippen molar-refractivity contribution in [2.45, 2.75) is 6.61 Å². The van der Waals surface area contributed by atoms with E-state index < -0.39 is 5.97 Å². The normalized spacial score (nSPS) is 10.6. The van der Waals surface area contributed by atoms with E-state index in [4.69, 9.17) is 16.3 Å². The number of phenolic OH excluding ortho intramolecular Hbond substituents is 1. The summed E-state index contributed by atoms with van der Waals surface area (Å²) in [7, 11) is 0. The number of esters is 1. The molecule has 1 aromatic heterocycles.